The third kappa shape index (κ3) is 2.32. The molecule has 0 amide bonds. The Morgan fingerprint density at radius 3 is 2.78 bits per heavy atom. The Kier molecular flexibility index (Phi) is 3.53. The number of halogens is 2. The minimum Gasteiger partial charge on any atom is -0.388 e. The summed E-state index contributed by atoms with van der Waals surface area (Å²) in [5.74, 6) is -0.243. The lowest BCUT2D eigenvalue weighted by Gasteiger charge is -2.05. The van der Waals surface area contributed by atoms with Crippen LogP contribution in [-0.4, -0.2) is 21.8 Å². The molecule has 0 atom stereocenters. The predicted octanol–water partition coefficient (Wildman–Crippen LogP) is 3.24. The molecular weight excluding hydrogens is 323 g/mol. The molecule has 0 aliphatic heterocycles. The lowest BCUT2D eigenvalue weighted by Crippen LogP contribution is -2.00. The van der Waals surface area contributed by atoms with Gasteiger partial charge in [-0.15, -0.1) is 4.68 Å². The highest BCUT2D eigenvalue weighted by Crippen LogP contribution is 2.28. The number of anilines is 1. The Morgan fingerprint density at radius 2 is 2.22 bits per heavy atom. The molecule has 2 rings (SSSR count). The fourth-order valence-corrected chi connectivity index (χ4v) is 2.11. The number of nitrogens with one attached hydrogen (secondary N) is 1. The maximum Gasteiger partial charge on any atom is 0.391 e. The minimum atomic E-state index is -0.558. The van der Waals surface area contributed by atoms with Gasteiger partial charge in [0.2, 0.25) is 0 Å². The van der Waals surface area contributed by atoms with E-state index >= 15 is 0 Å². The van der Waals surface area contributed by atoms with E-state index in [-0.39, 0.29) is 5.82 Å². The molecule has 0 spiro atoms. The number of hydrogen-bond acceptors (Lipinski definition) is 4. The summed E-state index contributed by atoms with van der Waals surface area (Å²) < 4.78 is 1.84. The molecule has 0 saturated carbocycles. The number of rotatable bonds is 3. The quantitative estimate of drug-likeness (QED) is 0.692. The van der Waals surface area contributed by atoms with E-state index in [9.17, 15) is 10.1 Å². The highest BCUT2D eigenvalue weighted by atomic mass is 79.9. The normalized spacial score (nSPS) is 10.4. The number of nitrogens with zero attached hydrogens (tertiary/aromatic N) is 3. The number of hydrogen-bond donors (Lipinski definition) is 1. The first kappa shape index (κ1) is 12.8. The van der Waals surface area contributed by atoms with Gasteiger partial charge in [-0.3, -0.25) is 0 Å². The molecule has 0 fully saturated rings. The maximum absolute atomic E-state index is 10.7. The fourth-order valence-electron chi connectivity index (χ4n) is 1.44. The zero-order chi connectivity index (χ0) is 13.3. The van der Waals surface area contributed by atoms with Crippen LogP contribution in [0.3, 0.4) is 0 Å². The SMILES string of the molecule is CNc1ccc(Cl)c(-n2nc([N+](=O)[O-])cc2Br)c1. The van der Waals surface area contributed by atoms with E-state index in [1.54, 1.807) is 25.2 Å². The molecule has 8 heteroatoms. The van der Waals surface area contributed by atoms with E-state index in [1.807, 2.05) is 0 Å². The molecule has 1 heterocycles. The summed E-state index contributed by atoms with van der Waals surface area (Å²) in [5.41, 5.74) is 1.39. The fraction of sp³-hybridized carbons (Fsp3) is 0.100. The number of benzene rings is 1. The minimum absolute atomic E-state index is 0.243. The molecule has 0 aliphatic carbocycles. The summed E-state index contributed by atoms with van der Waals surface area (Å²) in [6, 6.07) is 6.58. The van der Waals surface area contributed by atoms with Crippen molar-refractivity contribution in [1.29, 1.82) is 0 Å². The van der Waals surface area contributed by atoms with Crippen molar-refractivity contribution in [3.05, 3.63) is 44.0 Å². The van der Waals surface area contributed by atoms with E-state index in [2.05, 4.69) is 26.3 Å². The van der Waals surface area contributed by atoms with Gasteiger partial charge in [0.15, 0.2) is 0 Å². The highest BCUT2D eigenvalue weighted by Gasteiger charge is 2.19. The van der Waals surface area contributed by atoms with Crippen LogP contribution < -0.4 is 5.32 Å². The molecule has 18 heavy (non-hydrogen) atoms. The van der Waals surface area contributed by atoms with E-state index in [1.165, 1.54) is 10.7 Å². The first-order valence-electron chi connectivity index (χ1n) is 4.90. The van der Waals surface area contributed by atoms with Crippen LogP contribution in [0.25, 0.3) is 5.69 Å². The zero-order valence-corrected chi connectivity index (χ0v) is 11.6. The summed E-state index contributed by atoms with van der Waals surface area (Å²) in [7, 11) is 1.77. The van der Waals surface area contributed by atoms with Crippen molar-refractivity contribution < 1.29 is 4.92 Å². The Hall–Kier alpha value is -1.60. The Morgan fingerprint density at radius 1 is 1.50 bits per heavy atom. The van der Waals surface area contributed by atoms with Crippen molar-refractivity contribution in [3.8, 4) is 5.69 Å². The van der Waals surface area contributed by atoms with Crippen molar-refractivity contribution >= 4 is 39.0 Å². The molecule has 1 N–H and O–H groups in total. The molecule has 0 aliphatic rings. The third-order valence-electron chi connectivity index (χ3n) is 2.30. The average molecular weight is 332 g/mol. The van der Waals surface area contributed by atoms with Gasteiger partial charge in [0.05, 0.1) is 16.2 Å². The summed E-state index contributed by atoms with van der Waals surface area (Å²) >= 11 is 9.29. The van der Waals surface area contributed by atoms with Crippen LogP contribution >= 0.6 is 27.5 Å². The summed E-state index contributed by atoms with van der Waals surface area (Å²) in [5, 5.41) is 18.0. The van der Waals surface area contributed by atoms with E-state index < -0.39 is 4.92 Å². The van der Waals surface area contributed by atoms with E-state index in [0.29, 0.717) is 15.3 Å². The van der Waals surface area contributed by atoms with Gasteiger partial charge in [-0.05, 0) is 39.1 Å². The number of nitro groups is 1. The molecule has 0 radical (unpaired) electrons. The van der Waals surface area contributed by atoms with Gasteiger partial charge >= 0.3 is 5.82 Å². The van der Waals surface area contributed by atoms with E-state index in [0.717, 1.165) is 5.69 Å². The average Bonchev–Trinajstić information content (AvgIpc) is 2.72. The Labute approximate surface area is 116 Å². The topological polar surface area (TPSA) is 73.0 Å². The van der Waals surface area contributed by atoms with Gasteiger partial charge in [-0.2, -0.15) is 0 Å². The monoisotopic (exact) mass is 330 g/mol. The standard InChI is InChI=1S/C10H8BrClN4O2/c1-13-6-2-3-7(12)8(4-6)15-9(11)5-10(14-15)16(17)18/h2-5,13H,1H3. The molecule has 1 aromatic carbocycles. The van der Waals surface area contributed by atoms with Crippen LogP contribution in [0.1, 0.15) is 0 Å². The Balaban J connectivity index is 2.57. The lowest BCUT2D eigenvalue weighted by molar-refractivity contribution is -0.389. The molecule has 0 saturated heterocycles. The van der Waals surface area contributed by atoms with Gasteiger partial charge in [0.25, 0.3) is 0 Å². The molecule has 94 valence electrons. The van der Waals surface area contributed by atoms with E-state index in [4.69, 9.17) is 11.6 Å². The second-order valence-corrected chi connectivity index (χ2v) is 4.63. The van der Waals surface area contributed by atoms with Crippen LogP contribution in [0.2, 0.25) is 5.02 Å². The molecule has 2 aromatic rings. The largest absolute Gasteiger partial charge is 0.391 e. The Bertz CT molecular complexity index is 614. The summed E-state index contributed by atoms with van der Waals surface area (Å²) in [6.45, 7) is 0. The summed E-state index contributed by atoms with van der Waals surface area (Å²) in [4.78, 5) is 10.1. The van der Waals surface area contributed by atoms with Crippen LogP contribution in [0.5, 0.6) is 0 Å². The maximum atomic E-state index is 10.7. The van der Waals surface area contributed by atoms with Gasteiger partial charge in [0, 0.05) is 12.7 Å². The van der Waals surface area contributed by atoms with Crippen molar-refractivity contribution in [2.75, 3.05) is 12.4 Å². The van der Waals surface area contributed by atoms with Crippen LogP contribution in [-0.2, 0) is 0 Å². The van der Waals surface area contributed by atoms with Crippen molar-refractivity contribution in [1.82, 2.24) is 9.78 Å². The first-order chi connectivity index (χ1) is 8.52. The van der Waals surface area contributed by atoms with Crippen molar-refractivity contribution in [3.63, 3.8) is 0 Å². The number of aromatic nitrogens is 2. The van der Waals surface area contributed by atoms with Gasteiger partial charge < -0.3 is 15.4 Å². The molecule has 1 aromatic heterocycles. The lowest BCUT2D eigenvalue weighted by atomic mass is 10.3. The van der Waals surface area contributed by atoms with Crippen LogP contribution in [0, 0.1) is 10.1 Å². The van der Waals surface area contributed by atoms with Gasteiger partial charge in [-0.25, -0.2) is 0 Å². The third-order valence-corrected chi connectivity index (χ3v) is 3.19. The van der Waals surface area contributed by atoms with Gasteiger partial charge in [-0.1, -0.05) is 11.6 Å². The smallest absolute Gasteiger partial charge is 0.388 e. The molecular formula is C10H8BrClN4O2. The van der Waals surface area contributed by atoms with Gasteiger partial charge in [0.1, 0.15) is 10.3 Å². The predicted molar refractivity (Wildman–Crippen MR) is 72.5 cm³/mol. The van der Waals surface area contributed by atoms with Crippen LogP contribution in [0.4, 0.5) is 11.5 Å². The van der Waals surface area contributed by atoms with Crippen molar-refractivity contribution in [2.45, 2.75) is 0 Å². The van der Waals surface area contributed by atoms with Crippen molar-refractivity contribution in [2.24, 2.45) is 0 Å². The highest BCUT2D eigenvalue weighted by molar-refractivity contribution is 9.10. The zero-order valence-electron chi connectivity index (χ0n) is 9.22. The molecule has 6 nitrogen and oxygen atoms in total. The van der Waals surface area contributed by atoms with Crippen LogP contribution in [0.15, 0.2) is 28.9 Å². The molecule has 0 unspecified atom stereocenters. The second-order valence-electron chi connectivity index (χ2n) is 3.41. The summed E-state index contributed by atoms with van der Waals surface area (Å²) in [6.07, 6.45) is 0. The molecule has 0 bridgehead atoms. The second kappa shape index (κ2) is 4.95. The first-order valence-corrected chi connectivity index (χ1v) is 6.07.